The van der Waals surface area contributed by atoms with E-state index in [-0.39, 0.29) is 11.3 Å². The molecule has 0 saturated carbocycles. The van der Waals surface area contributed by atoms with E-state index in [2.05, 4.69) is 15.6 Å². The van der Waals surface area contributed by atoms with Gasteiger partial charge in [-0.25, -0.2) is 10.1 Å². The van der Waals surface area contributed by atoms with Crippen molar-refractivity contribution in [2.45, 2.75) is 13.3 Å². The van der Waals surface area contributed by atoms with Gasteiger partial charge in [-0.2, -0.15) is 10.2 Å². The van der Waals surface area contributed by atoms with Crippen LogP contribution in [0, 0.1) is 0 Å². The predicted octanol–water partition coefficient (Wildman–Crippen LogP) is 3.78. The Bertz CT molecular complexity index is 1120. The number of halogens is 2. The highest BCUT2D eigenvalue weighted by Gasteiger charge is 2.15. The van der Waals surface area contributed by atoms with E-state index in [4.69, 9.17) is 23.2 Å². The molecule has 3 aromatic rings. The maximum absolute atomic E-state index is 12.7. The SMILES string of the molecule is CC/C(=N/NC(=O)c1nn(C)c(=O)c2ccccc12)c1ccc(Cl)c(Cl)c1. The fourth-order valence-corrected chi connectivity index (χ4v) is 2.96. The largest absolute Gasteiger partial charge is 0.292 e. The Labute approximate surface area is 165 Å². The van der Waals surface area contributed by atoms with Gasteiger partial charge in [0.1, 0.15) is 0 Å². The van der Waals surface area contributed by atoms with Gasteiger partial charge in [-0.15, -0.1) is 0 Å². The lowest BCUT2D eigenvalue weighted by atomic mass is 10.1. The molecule has 6 nitrogen and oxygen atoms in total. The number of hydrazone groups is 1. The number of aromatic nitrogens is 2. The monoisotopic (exact) mass is 402 g/mol. The van der Waals surface area contributed by atoms with Gasteiger partial charge in [-0.05, 0) is 30.2 Å². The lowest BCUT2D eigenvalue weighted by molar-refractivity contribution is 0.0949. The van der Waals surface area contributed by atoms with E-state index in [9.17, 15) is 9.59 Å². The molecule has 27 heavy (non-hydrogen) atoms. The Morgan fingerprint density at radius 2 is 1.85 bits per heavy atom. The van der Waals surface area contributed by atoms with E-state index in [0.29, 0.717) is 33.0 Å². The molecule has 1 N–H and O–H groups in total. The number of nitrogens with zero attached hydrogens (tertiary/aromatic N) is 3. The highest BCUT2D eigenvalue weighted by molar-refractivity contribution is 6.42. The van der Waals surface area contributed by atoms with Crippen LogP contribution in [0.3, 0.4) is 0 Å². The molecular weight excluding hydrogens is 387 g/mol. The van der Waals surface area contributed by atoms with Gasteiger partial charge in [0.05, 0.1) is 21.1 Å². The van der Waals surface area contributed by atoms with Gasteiger partial charge in [-0.3, -0.25) is 9.59 Å². The number of hydrogen-bond donors (Lipinski definition) is 1. The minimum atomic E-state index is -0.507. The average molecular weight is 403 g/mol. The maximum atomic E-state index is 12.7. The molecule has 0 unspecified atom stereocenters. The van der Waals surface area contributed by atoms with E-state index < -0.39 is 5.91 Å². The lowest BCUT2D eigenvalue weighted by Gasteiger charge is -2.08. The number of benzene rings is 2. The summed E-state index contributed by atoms with van der Waals surface area (Å²) in [6.45, 7) is 1.91. The number of fused-ring (bicyclic) bond motifs is 1. The summed E-state index contributed by atoms with van der Waals surface area (Å²) in [7, 11) is 1.50. The molecular formula is C19H16Cl2N4O2. The van der Waals surface area contributed by atoms with Crippen molar-refractivity contribution < 1.29 is 4.79 Å². The second-order valence-corrected chi connectivity index (χ2v) is 6.62. The Morgan fingerprint density at radius 1 is 1.15 bits per heavy atom. The minimum absolute atomic E-state index is 0.126. The van der Waals surface area contributed by atoms with Crippen LogP contribution in [0.2, 0.25) is 10.0 Å². The summed E-state index contributed by atoms with van der Waals surface area (Å²) in [5.74, 6) is -0.507. The van der Waals surface area contributed by atoms with Gasteiger partial charge >= 0.3 is 0 Å². The number of rotatable bonds is 4. The third kappa shape index (κ3) is 3.86. The van der Waals surface area contributed by atoms with Crippen molar-refractivity contribution >= 4 is 45.6 Å². The summed E-state index contributed by atoms with van der Waals surface area (Å²) >= 11 is 12.0. The summed E-state index contributed by atoms with van der Waals surface area (Å²) < 4.78 is 1.14. The number of hydrogen-bond acceptors (Lipinski definition) is 4. The second kappa shape index (κ2) is 7.90. The van der Waals surface area contributed by atoms with E-state index >= 15 is 0 Å². The molecule has 3 rings (SSSR count). The Hall–Kier alpha value is -2.70. The van der Waals surface area contributed by atoms with E-state index in [1.807, 2.05) is 6.92 Å². The zero-order valence-electron chi connectivity index (χ0n) is 14.7. The van der Waals surface area contributed by atoms with Crippen molar-refractivity contribution in [1.29, 1.82) is 0 Å². The molecule has 0 radical (unpaired) electrons. The number of carbonyl (C=O) groups is 1. The van der Waals surface area contributed by atoms with Crippen LogP contribution in [0.25, 0.3) is 10.8 Å². The van der Waals surface area contributed by atoms with E-state index in [1.165, 1.54) is 7.05 Å². The molecule has 1 aromatic heterocycles. The Balaban J connectivity index is 1.96. The normalized spacial score (nSPS) is 11.6. The minimum Gasteiger partial charge on any atom is -0.267 e. The van der Waals surface area contributed by atoms with Gasteiger partial charge in [0, 0.05) is 12.4 Å². The standard InChI is InChI=1S/C19H16Cl2N4O2/c1-3-16(11-8-9-14(20)15(21)10-11)22-23-18(26)17-12-6-4-5-7-13(12)19(27)25(2)24-17/h4-10H,3H2,1-2H3,(H,23,26)/b22-16-. The topological polar surface area (TPSA) is 76.3 Å². The fourth-order valence-electron chi connectivity index (χ4n) is 2.66. The summed E-state index contributed by atoms with van der Waals surface area (Å²) in [4.78, 5) is 24.8. The third-order valence-corrected chi connectivity index (χ3v) is 4.79. The summed E-state index contributed by atoms with van der Waals surface area (Å²) in [6.07, 6.45) is 0.569. The zero-order chi connectivity index (χ0) is 19.6. The fraction of sp³-hybridized carbons (Fsp3) is 0.158. The number of amides is 1. The molecule has 0 spiro atoms. The lowest BCUT2D eigenvalue weighted by Crippen LogP contribution is -2.27. The molecule has 2 aromatic carbocycles. The van der Waals surface area contributed by atoms with E-state index in [1.54, 1.807) is 42.5 Å². The first kappa shape index (κ1) is 19.1. The number of nitrogens with one attached hydrogen (secondary N) is 1. The van der Waals surface area contributed by atoms with Gasteiger partial charge in [0.25, 0.3) is 11.5 Å². The van der Waals surface area contributed by atoms with Crippen LogP contribution in [0.15, 0.2) is 52.4 Å². The maximum Gasteiger partial charge on any atom is 0.292 e. The molecule has 0 atom stereocenters. The van der Waals surface area contributed by atoms with Crippen LogP contribution in [0.5, 0.6) is 0 Å². The number of carbonyl (C=O) groups excluding carboxylic acids is 1. The summed E-state index contributed by atoms with van der Waals surface area (Å²) in [5, 5.41) is 10.0. The van der Waals surface area contributed by atoms with Crippen LogP contribution in [0.4, 0.5) is 0 Å². The quantitative estimate of drug-likeness (QED) is 0.532. The van der Waals surface area contributed by atoms with Crippen molar-refractivity contribution in [2.24, 2.45) is 12.1 Å². The Morgan fingerprint density at radius 3 is 2.52 bits per heavy atom. The van der Waals surface area contributed by atoms with Crippen molar-refractivity contribution in [3.63, 3.8) is 0 Å². The zero-order valence-corrected chi connectivity index (χ0v) is 16.2. The van der Waals surface area contributed by atoms with Crippen LogP contribution in [-0.2, 0) is 7.05 Å². The van der Waals surface area contributed by atoms with Crippen LogP contribution < -0.4 is 11.0 Å². The van der Waals surface area contributed by atoms with Crippen molar-refractivity contribution in [2.75, 3.05) is 0 Å². The molecule has 1 amide bonds. The first-order valence-corrected chi connectivity index (χ1v) is 8.96. The third-order valence-electron chi connectivity index (χ3n) is 4.05. The predicted molar refractivity (Wildman–Crippen MR) is 108 cm³/mol. The molecule has 1 heterocycles. The molecule has 0 aliphatic carbocycles. The van der Waals surface area contributed by atoms with Crippen molar-refractivity contribution in [1.82, 2.24) is 15.2 Å². The second-order valence-electron chi connectivity index (χ2n) is 5.80. The van der Waals surface area contributed by atoms with Crippen LogP contribution >= 0.6 is 23.2 Å². The molecule has 0 aliphatic heterocycles. The van der Waals surface area contributed by atoms with Gasteiger partial charge < -0.3 is 0 Å². The first-order chi connectivity index (χ1) is 12.9. The molecule has 8 heteroatoms. The molecule has 0 aliphatic rings. The van der Waals surface area contributed by atoms with E-state index in [0.717, 1.165) is 10.2 Å². The van der Waals surface area contributed by atoms with Crippen LogP contribution in [-0.4, -0.2) is 21.4 Å². The van der Waals surface area contributed by atoms with Gasteiger partial charge in [0.2, 0.25) is 0 Å². The Kier molecular flexibility index (Phi) is 5.58. The van der Waals surface area contributed by atoms with Crippen LogP contribution in [0.1, 0.15) is 29.4 Å². The molecule has 138 valence electrons. The first-order valence-electron chi connectivity index (χ1n) is 8.20. The summed E-state index contributed by atoms with van der Waals surface area (Å²) in [5.41, 5.74) is 3.76. The highest BCUT2D eigenvalue weighted by Crippen LogP contribution is 2.23. The van der Waals surface area contributed by atoms with Gasteiger partial charge in [0.15, 0.2) is 5.69 Å². The average Bonchev–Trinajstić information content (AvgIpc) is 2.67. The molecule has 0 fully saturated rings. The smallest absolute Gasteiger partial charge is 0.267 e. The van der Waals surface area contributed by atoms with Crippen molar-refractivity contribution in [3.05, 3.63) is 74.1 Å². The summed E-state index contributed by atoms with van der Waals surface area (Å²) in [6, 6.07) is 12.0. The van der Waals surface area contributed by atoms with Crippen molar-refractivity contribution in [3.8, 4) is 0 Å². The van der Waals surface area contributed by atoms with Gasteiger partial charge in [-0.1, -0.05) is 54.4 Å². The number of aryl methyl sites for hydroxylation is 1. The molecule has 0 saturated heterocycles. The molecule has 0 bridgehead atoms. The highest BCUT2D eigenvalue weighted by atomic mass is 35.5.